The average Bonchev–Trinajstić information content (AvgIpc) is 2.85. The van der Waals surface area contributed by atoms with E-state index in [4.69, 9.17) is 4.74 Å². The Morgan fingerprint density at radius 3 is 2.44 bits per heavy atom. The number of hydrogen-bond donors (Lipinski definition) is 2. The normalized spacial score (nSPS) is 17.8. The number of hydrogen-bond acceptors (Lipinski definition) is 4. The van der Waals surface area contributed by atoms with Gasteiger partial charge in [0.25, 0.3) is 0 Å². The highest BCUT2D eigenvalue weighted by Crippen LogP contribution is 2.23. The van der Waals surface area contributed by atoms with Crippen LogP contribution in [0.5, 0.6) is 5.75 Å². The van der Waals surface area contributed by atoms with E-state index in [-0.39, 0.29) is 17.7 Å². The van der Waals surface area contributed by atoms with Crippen molar-refractivity contribution in [2.75, 3.05) is 25.5 Å². The van der Waals surface area contributed by atoms with Gasteiger partial charge >= 0.3 is 0 Å². The molecule has 2 fully saturated rings. The van der Waals surface area contributed by atoms with Gasteiger partial charge in [-0.3, -0.25) is 14.5 Å². The zero-order chi connectivity index (χ0) is 23.8. The zero-order valence-corrected chi connectivity index (χ0v) is 20.2. The van der Waals surface area contributed by atoms with Gasteiger partial charge in [0.2, 0.25) is 11.8 Å². The van der Waals surface area contributed by atoms with E-state index in [0.29, 0.717) is 12.5 Å². The lowest BCUT2D eigenvalue weighted by molar-refractivity contribution is -0.127. The van der Waals surface area contributed by atoms with E-state index in [0.717, 1.165) is 62.3 Å². The number of anilines is 1. The van der Waals surface area contributed by atoms with Gasteiger partial charge in [0.05, 0.1) is 13.5 Å². The quantitative estimate of drug-likeness (QED) is 0.603. The summed E-state index contributed by atoms with van der Waals surface area (Å²) in [6.07, 6.45) is 8.18. The number of nitrogens with zero attached hydrogens (tertiary/aromatic N) is 1. The number of likely N-dealkylation sites (tertiary alicyclic amines) is 1. The Labute approximate surface area is 203 Å². The summed E-state index contributed by atoms with van der Waals surface area (Å²) in [5, 5.41) is 6.31. The van der Waals surface area contributed by atoms with E-state index in [1.807, 2.05) is 42.5 Å². The molecule has 2 N–H and O–H groups in total. The van der Waals surface area contributed by atoms with Crippen LogP contribution >= 0.6 is 0 Å². The number of carbonyl (C=O) groups is 2. The Kier molecular flexibility index (Phi) is 8.58. The summed E-state index contributed by atoms with van der Waals surface area (Å²) in [6, 6.07) is 16.0. The highest BCUT2D eigenvalue weighted by molar-refractivity contribution is 5.92. The molecule has 1 heterocycles. The fourth-order valence-corrected chi connectivity index (χ4v) is 5.10. The van der Waals surface area contributed by atoms with Crippen molar-refractivity contribution in [1.82, 2.24) is 10.2 Å². The first kappa shape index (κ1) is 24.3. The van der Waals surface area contributed by atoms with Gasteiger partial charge in [-0.25, -0.2) is 0 Å². The Hall–Kier alpha value is -2.86. The van der Waals surface area contributed by atoms with E-state index in [1.54, 1.807) is 7.11 Å². The van der Waals surface area contributed by atoms with Gasteiger partial charge in [0.15, 0.2) is 0 Å². The molecule has 0 atom stereocenters. The van der Waals surface area contributed by atoms with Crippen LogP contribution in [0, 0.1) is 5.92 Å². The van der Waals surface area contributed by atoms with E-state index in [1.165, 1.54) is 24.8 Å². The molecule has 1 saturated carbocycles. The minimum Gasteiger partial charge on any atom is -0.497 e. The second-order valence-corrected chi connectivity index (χ2v) is 9.67. The van der Waals surface area contributed by atoms with Gasteiger partial charge in [-0.15, -0.1) is 0 Å². The SMILES string of the molecule is COc1cccc(CC(=O)Nc2cccc(CN3CCC(C(=O)NC4CCCCC4)CC3)c2)c1. The Morgan fingerprint density at radius 1 is 0.941 bits per heavy atom. The lowest BCUT2D eigenvalue weighted by Crippen LogP contribution is -2.44. The predicted molar refractivity (Wildman–Crippen MR) is 135 cm³/mol. The van der Waals surface area contributed by atoms with Crippen molar-refractivity contribution >= 4 is 17.5 Å². The van der Waals surface area contributed by atoms with Crippen LogP contribution in [0.15, 0.2) is 48.5 Å². The van der Waals surface area contributed by atoms with E-state index < -0.39 is 0 Å². The first-order valence-electron chi connectivity index (χ1n) is 12.6. The van der Waals surface area contributed by atoms with E-state index in [2.05, 4.69) is 21.6 Å². The zero-order valence-electron chi connectivity index (χ0n) is 20.2. The third-order valence-corrected chi connectivity index (χ3v) is 7.03. The molecule has 34 heavy (non-hydrogen) atoms. The summed E-state index contributed by atoms with van der Waals surface area (Å²) < 4.78 is 5.24. The highest BCUT2D eigenvalue weighted by Gasteiger charge is 2.27. The van der Waals surface area contributed by atoms with Crippen molar-refractivity contribution in [1.29, 1.82) is 0 Å². The lowest BCUT2D eigenvalue weighted by atomic mass is 9.92. The second-order valence-electron chi connectivity index (χ2n) is 9.67. The molecule has 2 aromatic rings. The van der Waals surface area contributed by atoms with Gasteiger partial charge < -0.3 is 15.4 Å². The van der Waals surface area contributed by atoms with Crippen molar-refractivity contribution in [3.63, 3.8) is 0 Å². The predicted octanol–water partition coefficient (Wildman–Crippen LogP) is 4.54. The molecule has 2 aromatic carbocycles. The molecule has 1 aliphatic carbocycles. The molecule has 0 aromatic heterocycles. The molecule has 2 amide bonds. The maximum Gasteiger partial charge on any atom is 0.228 e. The van der Waals surface area contributed by atoms with Crippen LogP contribution in [-0.4, -0.2) is 43.0 Å². The average molecular weight is 464 g/mol. The minimum absolute atomic E-state index is 0.0461. The van der Waals surface area contributed by atoms with Crippen LogP contribution in [0.4, 0.5) is 5.69 Å². The summed E-state index contributed by atoms with van der Waals surface area (Å²) in [5.41, 5.74) is 2.90. The molecule has 182 valence electrons. The summed E-state index contributed by atoms with van der Waals surface area (Å²) >= 11 is 0. The molecule has 6 heteroatoms. The topological polar surface area (TPSA) is 70.7 Å². The summed E-state index contributed by atoms with van der Waals surface area (Å²) in [4.78, 5) is 27.6. The molecule has 0 spiro atoms. The van der Waals surface area contributed by atoms with Gasteiger partial charge in [-0.1, -0.05) is 43.5 Å². The van der Waals surface area contributed by atoms with Gasteiger partial charge in [-0.2, -0.15) is 0 Å². The third-order valence-electron chi connectivity index (χ3n) is 7.03. The third kappa shape index (κ3) is 7.07. The van der Waals surface area contributed by atoms with Crippen LogP contribution in [-0.2, 0) is 22.6 Å². The summed E-state index contributed by atoms with van der Waals surface area (Å²) in [6.45, 7) is 2.68. The van der Waals surface area contributed by atoms with Crippen molar-refractivity contribution < 1.29 is 14.3 Å². The molecule has 1 saturated heterocycles. The molecular formula is C28H37N3O3. The minimum atomic E-state index is -0.0461. The maximum absolute atomic E-state index is 12.7. The molecule has 2 aliphatic rings. The second kappa shape index (κ2) is 12.0. The van der Waals surface area contributed by atoms with Crippen molar-refractivity contribution in [3.05, 3.63) is 59.7 Å². The largest absolute Gasteiger partial charge is 0.497 e. The molecular weight excluding hydrogens is 426 g/mol. The smallest absolute Gasteiger partial charge is 0.228 e. The van der Waals surface area contributed by atoms with Crippen LogP contribution < -0.4 is 15.4 Å². The standard InChI is InChI=1S/C28H37N3O3/c1-34-26-12-6-7-21(18-26)19-27(32)29-25-11-5-8-22(17-25)20-31-15-13-23(14-16-31)28(33)30-24-9-3-2-4-10-24/h5-8,11-12,17-18,23-24H,2-4,9-10,13-16,19-20H2,1H3,(H,29,32)(H,30,33). The first-order valence-corrected chi connectivity index (χ1v) is 12.6. The van der Waals surface area contributed by atoms with Crippen molar-refractivity contribution in [2.45, 2.75) is 64.0 Å². The van der Waals surface area contributed by atoms with Gasteiger partial charge in [0.1, 0.15) is 5.75 Å². The molecule has 0 bridgehead atoms. The number of benzene rings is 2. The molecule has 1 aliphatic heterocycles. The number of piperidine rings is 1. The number of amides is 2. The highest BCUT2D eigenvalue weighted by atomic mass is 16.5. The van der Waals surface area contributed by atoms with Gasteiger partial charge in [0, 0.05) is 24.2 Å². The number of carbonyl (C=O) groups excluding carboxylic acids is 2. The molecule has 6 nitrogen and oxygen atoms in total. The van der Waals surface area contributed by atoms with Crippen LogP contribution in [0.1, 0.15) is 56.1 Å². The molecule has 4 rings (SSSR count). The summed E-state index contributed by atoms with van der Waals surface area (Å²) in [7, 11) is 1.62. The molecule has 0 radical (unpaired) electrons. The van der Waals surface area contributed by atoms with Crippen molar-refractivity contribution in [3.8, 4) is 5.75 Å². The maximum atomic E-state index is 12.7. The Bertz CT molecular complexity index is 963. The van der Waals surface area contributed by atoms with Gasteiger partial charge in [-0.05, 0) is 74.2 Å². The fraction of sp³-hybridized carbons (Fsp3) is 0.500. The van der Waals surface area contributed by atoms with Crippen LogP contribution in [0.25, 0.3) is 0 Å². The van der Waals surface area contributed by atoms with Crippen LogP contribution in [0.3, 0.4) is 0 Å². The number of rotatable bonds is 8. The Balaban J connectivity index is 1.23. The number of methoxy groups -OCH3 is 1. The fourth-order valence-electron chi connectivity index (χ4n) is 5.10. The summed E-state index contributed by atoms with van der Waals surface area (Å²) in [5.74, 6) is 1.10. The molecule has 0 unspecified atom stereocenters. The monoisotopic (exact) mass is 463 g/mol. The first-order chi connectivity index (χ1) is 16.6. The van der Waals surface area contributed by atoms with E-state index in [9.17, 15) is 9.59 Å². The van der Waals surface area contributed by atoms with Crippen LogP contribution in [0.2, 0.25) is 0 Å². The lowest BCUT2D eigenvalue weighted by Gasteiger charge is -2.32. The van der Waals surface area contributed by atoms with Crippen molar-refractivity contribution in [2.24, 2.45) is 5.92 Å². The Morgan fingerprint density at radius 2 is 1.68 bits per heavy atom. The van der Waals surface area contributed by atoms with E-state index >= 15 is 0 Å². The number of nitrogens with one attached hydrogen (secondary N) is 2. The number of ether oxygens (including phenoxy) is 1.